The van der Waals surface area contributed by atoms with Gasteiger partial charge in [-0.15, -0.1) is 0 Å². The highest BCUT2D eigenvalue weighted by atomic mass is 14.9. The SMILES string of the molecule is CC(N)CNCCc1cc[nH]c1. The number of nitrogens with two attached hydrogens (primary N) is 1. The minimum Gasteiger partial charge on any atom is -0.367 e. The van der Waals surface area contributed by atoms with Gasteiger partial charge in [0.15, 0.2) is 0 Å². The fraction of sp³-hybridized carbons (Fsp3) is 0.556. The average Bonchev–Trinajstić information content (AvgIpc) is 2.49. The van der Waals surface area contributed by atoms with Crippen LogP contribution in [0.3, 0.4) is 0 Å². The van der Waals surface area contributed by atoms with E-state index in [9.17, 15) is 0 Å². The van der Waals surface area contributed by atoms with Crippen molar-refractivity contribution in [3.8, 4) is 0 Å². The Morgan fingerprint density at radius 1 is 1.67 bits per heavy atom. The van der Waals surface area contributed by atoms with Crippen molar-refractivity contribution in [1.82, 2.24) is 10.3 Å². The molecule has 0 aliphatic heterocycles. The minimum absolute atomic E-state index is 0.247. The number of hydrogen-bond acceptors (Lipinski definition) is 2. The van der Waals surface area contributed by atoms with Gasteiger partial charge in [-0.25, -0.2) is 0 Å². The Morgan fingerprint density at radius 2 is 2.50 bits per heavy atom. The van der Waals surface area contributed by atoms with Crippen molar-refractivity contribution in [3.05, 3.63) is 24.0 Å². The van der Waals surface area contributed by atoms with Gasteiger partial charge >= 0.3 is 0 Å². The van der Waals surface area contributed by atoms with Crippen LogP contribution in [0.2, 0.25) is 0 Å². The Kier molecular flexibility index (Phi) is 3.84. The first kappa shape index (κ1) is 9.29. The molecule has 0 amide bonds. The first-order valence-electron chi connectivity index (χ1n) is 4.37. The number of aromatic amines is 1. The Labute approximate surface area is 73.4 Å². The fourth-order valence-corrected chi connectivity index (χ4v) is 1.08. The summed E-state index contributed by atoms with van der Waals surface area (Å²) in [5, 5.41) is 3.28. The predicted octanol–water partition coefficient (Wildman–Crippen LogP) is 0.494. The molecule has 1 aromatic heterocycles. The summed E-state index contributed by atoms with van der Waals surface area (Å²) in [7, 11) is 0. The van der Waals surface area contributed by atoms with Crippen LogP contribution >= 0.6 is 0 Å². The van der Waals surface area contributed by atoms with Crippen LogP contribution in [0.25, 0.3) is 0 Å². The first-order valence-corrected chi connectivity index (χ1v) is 4.37. The van der Waals surface area contributed by atoms with Crippen LogP contribution in [0.15, 0.2) is 18.5 Å². The molecule has 0 saturated carbocycles. The maximum absolute atomic E-state index is 5.58. The number of aromatic nitrogens is 1. The number of nitrogens with one attached hydrogen (secondary N) is 2. The smallest absolute Gasteiger partial charge is 0.0136 e. The monoisotopic (exact) mass is 167 g/mol. The molecule has 0 spiro atoms. The summed E-state index contributed by atoms with van der Waals surface area (Å²) in [5.74, 6) is 0. The van der Waals surface area contributed by atoms with Gasteiger partial charge in [0.25, 0.3) is 0 Å². The summed E-state index contributed by atoms with van der Waals surface area (Å²) in [6.45, 7) is 3.90. The van der Waals surface area contributed by atoms with Gasteiger partial charge in [0.05, 0.1) is 0 Å². The normalized spacial score (nSPS) is 13.2. The lowest BCUT2D eigenvalue weighted by atomic mass is 10.2. The van der Waals surface area contributed by atoms with Gasteiger partial charge in [-0.2, -0.15) is 0 Å². The van der Waals surface area contributed by atoms with Gasteiger partial charge in [0.2, 0.25) is 0 Å². The van der Waals surface area contributed by atoms with Crippen molar-refractivity contribution < 1.29 is 0 Å². The zero-order chi connectivity index (χ0) is 8.81. The van der Waals surface area contributed by atoms with E-state index in [0.717, 1.165) is 19.5 Å². The molecule has 1 rings (SSSR count). The molecular formula is C9H17N3. The van der Waals surface area contributed by atoms with Crippen molar-refractivity contribution in [1.29, 1.82) is 0 Å². The molecule has 1 unspecified atom stereocenters. The molecule has 0 aliphatic carbocycles. The van der Waals surface area contributed by atoms with E-state index in [0.29, 0.717) is 0 Å². The van der Waals surface area contributed by atoms with E-state index in [4.69, 9.17) is 5.73 Å². The average molecular weight is 167 g/mol. The quantitative estimate of drug-likeness (QED) is 0.559. The fourth-order valence-electron chi connectivity index (χ4n) is 1.08. The lowest BCUT2D eigenvalue weighted by molar-refractivity contribution is 0.609. The number of H-pyrrole nitrogens is 1. The van der Waals surface area contributed by atoms with Crippen LogP contribution in [0, 0.1) is 0 Å². The van der Waals surface area contributed by atoms with E-state index in [1.165, 1.54) is 5.56 Å². The van der Waals surface area contributed by atoms with Gasteiger partial charge in [-0.05, 0) is 31.5 Å². The standard InChI is InChI=1S/C9H17N3/c1-8(10)6-11-4-2-9-3-5-12-7-9/h3,5,7-8,11-12H,2,4,6,10H2,1H3. The molecule has 3 nitrogen and oxygen atoms in total. The summed E-state index contributed by atoms with van der Waals surface area (Å²) in [4.78, 5) is 3.03. The molecule has 12 heavy (non-hydrogen) atoms. The van der Waals surface area contributed by atoms with E-state index in [1.807, 2.05) is 19.3 Å². The zero-order valence-electron chi connectivity index (χ0n) is 7.51. The minimum atomic E-state index is 0.247. The molecule has 68 valence electrons. The van der Waals surface area contributed by atoms with Crippen molar-refractivity contribution in [3.63, 3.8) is 0 Å². The predicted molar refractivity (Wildman–Crippen MR) is 51.0 cm³/mol. The van der Waals surface area contributed by atoms with Crippen molar-refractivity contribution in [2.45, 2.75) is 19.4 Å². The van der Waals surface area contributed by atoms with E-state index >= 15 is 0 Å². The summed E-state index contributed by atoms with van der Waals surface area (Å²) in [6.07, 6.45) is 5.03. The molecule has 0 aliphatic rings. The van der Waals surface area contributed by atoms with Crippen LogP contribution in [0.5, 0.6) is 0 Å². The Balaban J connectivity index is 2.04. The lowest BCUT2D eigenvalue weighted by Crippen LogP contribution is -2.32. The number of rotatable bonds is 5. The van der Waals surface area contributed by atoms with E-state index in [1.54, 1.807) is 0 Å². The van der Waals surface area contributed by atoms with E-state index < -0.39 is 0 Å². The molecule has 0 bridgehead atoms. The molecule has 0 saturated heterocycles. The third kappa shape index (κ3) is 3.55. The topological polar surface area (TPSA) is 53.8 Å². The third-order valence-corrected chi connectivity index (χ3v) is 1.72. The summed E-state index contributed by atoms with van der Waals surface area (Å²) in [6, 6.07) is 2.34. The highest BCUT2D eigenvalue weighted by Crippen LogP contribution is 1.95. The Morgan fingerprint density at radius 3 is 3.08 bits per heavy atom. The van der Waals surface area contributed by atoms with Gasteiger partial charge in [0, 0.05) is 25.0 Å². The summed E-state index contributed by atoms with van der Waals surface area (Å²) in [5.41, 5.74) is 6.92. The zero-order valence-corrected chi connectivity index (χ0v) is 7.51. The Bertz CT molecular complexity index is 192. The maximum Gasteiger partial charge on any atom is 0.0136 e. The first-order chi connectivity index (χ1) is 5.79. The van der Waals surface area contributed by atoms with Gasteiger partial charge in [0.1, 0.15) is 0 Å². The second kappa shape index (κ2) is 4.95. The van der Waals surface area contributed by atoms with E-state index in [-0.39, 0.29) is 6.04 Å². The third-order valence-electron chi connectivity index (χ3n) is 1.72. The highest BCUT2D eigenvalue weighted by molar-refractivity contribution is 5.08. The van der Waals surface area contributed by atoms with Crippen LogP contribution in [-0.2, 0) is 6.42 Å². The summed E-state index contributed by atoms with van der Waals surface area (Å²) < 4.78 is 0. The van der Waals surface area contributed by atoms with Gasteiger partial charge in [-0.3, -0.25) is 0 Å². The second-order valence-corrected chi connectivity index (χ2v) is 3.15. The summed E-state index contributed by atoms with van der Waals surface area (Å²) >= 11 is 0. The molecule has 3 heteroatoms. The molecule has 1 aromatic rings. The molecule has 4 N–H and O–H groups in total. The highest BCUT2D eigenvalue weighted by Gasteiger charge is 1.94. The molecular weight excluding hydrogens is 150 g/mol. The lowest BCUT2D eigenvalue weighted by Gasteiger charge is -2.05. The molecule has 1 heterocycles. The van der Waals surface area contributed by atoms with Crippen molar-refractivity contribution in [2.75, 3.05) is 13.1 Å². The van der Waals surface area contributed by atoms with Crippen molar-refractivity contribution >= 4 is 0 Å². The maximum atomic E-state index is 5.58. The second-order valence-electron chi connectivity index (χ2n) is 3.15. The largest absolute Gasteiger partial charge is 0.367 e. The molecule has 1 atom stereocenters. The molecule has 0 aromatic carbocycles. The van der Waals surface area contributed by atoms with Crippen LogP contribution in [0.4, 0.5) is 0 Å². The number of hydrogen-bond donors (Lipinski definition) is 3. The van der Waals surface area contributed by atoms with Crippen LogP contribution in [-0.4, -0.2) is 24.1 Å². The van der Waals surface area contributed by atoms with Crippen molar-refractivity contribution in [2.24, 2.45) is 5.73 Å². The van der Waals surface area contributed by atoms with Gasteiger partial charge < -0.3 is 16.0 Å². The van der Waals surface area contributed by atoms with Crippen LogP contribution in [0.1, 0.15) is 12.5 Å². The molecule has 0 fully saturated rings. The van der Waals surface area contributed by atoms with Crippen LogP contribution < -0.4 is 11.1 Å². The van der Waals surface area contributed by atoms with E-state index in [2.05, 4.69) is 16.4 Å². The van der Waals surface area contributed by atoms with Gasteiger partial charge in [-0.1, -0.05) is 0 Å². The molecule has 0 radical (unpaired) electrons. The Hall–Kier alpha value is -0.800.